The number of nitrogen functional groups attached to an aromatic ring is 1. The Kier molecular flexibility index (Phi) is 3.93. The van der Waals surface area contributed by atoms with Crippen LogP contribution in [0.2, 0.25) is 0 Å². The first kappa shape index (κ1) is 14.7. The van der Waals surface area contributed by atoms with Crippen LogP contribution in [0.5, 0.6) is 0 Å². The number of aromatic nitrogens is 1. The molecular weight excluding hydrogens is 303 g/mol. The maximum atomic E-state index is 13.7. The van der Waals surface area contributed by atoms with E-state index in [9.17, 15) is 12.8 Å². The van der Waals surface area contributed by atoms with Crippen LogP contribution in [-0.4, -0.2) is 31.8 Å². The zero-order valence-electron chi connectivity index (χ0n) is 10.8. The Morgan fingerprint density at radius 1 is 1.40 bits per heavy atom. The van der Waals surface area contributed by atoms with Gasteiger partial charge in [0.25, 0.3) is 0 Å². The third-order valence-electron chi connectivity index (χ3n) is 2.47. The fourth-order valence-corrected chi connectivity index (χ4v) is 2.90. The highest BCUT2D eigenvalue weighted by atomic mass is 32.2. The van der Waals surface area contributed by atoms with Gasteiger partial charge < -0.3 is 5.73 Å². The number of hydrogen-bond donors (Lipinski definition) is 2. The maximum Gasteiger partial charge on any atom is 0.302 e. The van der Waals surface area contributed by atoms with E-state index in [1.54, 1.807) is 11.4 Å². The van der Waals surface area contributed by atoms with E-state index in [2.05, 4.69) is 9.71 Å². The lowest BCUT2D eigenvalue weighted by atomic mass is 10.1. The van der Waals surface area contributed by atoms with Gasteiger partial charge in [-0.1, -0.05) is 0 Å². The highest BCUT2D eigenvalue weighted by Crippen LogP contribution is 2.28. The van der Waals surface area contributed by atoms with Crippen molar-refractivity contribution < 1.29 is 12.8 Å². The molecular formula is C11H13FN4O2S2. The van der Waals surface area contributed by atoms with E-state index in [-0.39, 0.29) is 10.7 Å². The van der Waals surface area contributed by atoms with Gasteiger partial charge in [0, 0.05) is 30.7 Å². The van der Waals surface area contributed by atoms with Gasteiger partial charge in [0.2, 0.25) is 0 Å². The first-order valence-electron chi connectivity index (χ1n) is 5.51. The number of nitrogens with one attached hydrogen (secondary N) is 1. The molecule has 0 aliphatic heterocycles. The molecule has 0 saturated carbocycles. The molecule has 2 aromatic rings. The van der Waals surface area contributed by atoms with Crippen LogP contribution in [0, 0.1) is 5.82 Å². The smallest absolute Gasteiger partial charge is 0.302 e. The minimum Gasteiger partial charge on any atom is -0.399 e. The van der Waals surface area contributed by atoms with Crippen molar-refractivity contribution in [3.8, 4) is 11.3 Å². The molecule has 0 spiro atoms. The average molecular weight is 316 g/mol. The monoisotopic (exact) mass is 316 g/mol. The molecule has 0 bridgehead atoms. The summed E-state index contributed by atoms with van der Waals surface area (Å²) in [6, 6.07) is 4.25. The number of nitrogens with zero attached hydrogens (tertiary/aromatic N) is 2. The quantitative estimate of drug-likeness (QED) is 0.841. The van der Waals surface area contributed by atoms with Crippen molar-refractivity contribution >= 4 is 32.4 Å². The lowest BCUT2D eigenvalue weighted by Gasteiger charge is -2.10. The van der Waals surface area contributed by atoms with E-state index in [1.165, 1.54) is 26.2 Å². The molecule has 2 rings (SSSR count). The number of nitrogens with two attached hydrogens (primary N) is 1. The molecule has 0 aliphatic carbocycles. The van der Waals surface area contributed by atoms with Crippen molar-refractivity contribution in [3.05, 3.63) is 29.4 Å². The van der Waals surface area contributed by atoms with E-state index < -0.39 is 16.0 Å². The summed E-state index contributed by atoms with van der Waals surface area (Å²) in [7, 11) is -0.821. The molecule has 9 heteroatoms. The minimum atomic E-state index is -3.62. The van der Waals surface area contributed by atoms with Crippen molar-refractivity contribution in [2.24, 2.45) is 0 Å². The molecule has 20 heavy (non-hydrogen) atoms. The second kappa shape index (κ2) is 5.35. The third kappa shape index (κ3) is 3.06. The summed E-state index contributed by atoms with van der Waals surface area (Å²) in [6.45, 7) is 0. The first-order valence-corrected chi connectivity index (χ1v) is 7.83. The van der Waals surface area contributed by atoms with Crippen molar-refractivity contribution in [3.63, 3.8) is 0 Å². The zero-order valence-corrected chi connectivity index (χ0v) is 12.4. The molecule has 0 atom stereocenters. The van der Waals surface area contributed by atoms with Gasteiger partial charge in [-0.2, -0.15) is 12.7 Å². The molecule has 0 amide bonds. The molecule has 0 unspecified atom stereocenters. The highest BCUT2D eigenvalue weighted by Gasteiger charge is 2.16. The summed E-state index contributed by atoms with van der Waals surface area (Å²) in [6.07, 6.45) is 0. The van der Waals surface area contributed by atoms with Gasteiger partial charge in [-0.25, -0.2) is 14.1 Å². The SMILES string of the molecule is CN(C)S(=O)(=O)Nc1nc(-c2ccc(N)cc2F)cs1. The number of halogens is 1. The molecule has 0 saturated heterocycles. The Morgan fingerprint density at radius 2 is 2.10 bits per heavy atom. The Balaban J connectivity index is 2.30. The van der Waals surface area contributed by atoms with E-state index >= 15 is 0 Å². The summed E-state index contributed by atoms with van der Waals surface area (Å²) in [5, 5.41) is 1.74. The number of anilines is 2. The summed E-state index contributed by atoms with van der Waals surface area (Å²) >= 11 is 1.08. The standard InChI is InChI=1S/C11H13FN4O2S2/c1-16(2)20(17,18)15-11-14-10(6-19-11)8-4-3-7(13)5-9(8)12/h3-6H,13H2,1-2H3,(H,14,15). The fourth-order valence-electron chi connectivity index (χ4n) is 1.39. The highest BCUT2D eigenvalue weighted by molar-refractivity contribution is 7.90. The van der Waals surface area contributed by atoms with Crippen LogP contribution >= 0.6 is 11.3 Å². The van der Waals surface area contributed by atoms with Crippen LogP contribution in [0.1, 0.15) is 0 Å². The van der Waals surface area contributed by atoms with Crippen molar-refractivity contribution in [2.75, 3.05) is 24.6 Å². The summed E-state index contributed by atoms with van der Waals surface area (Å²) in [4.78, 5) is 4.06. The lowest BCUT2D eigenvalue weighted by Crippen LogP contribution is -2.28. The van der Waals surface area contributed by atoms with Crippen LogP contribution in [0.4, 0.5) is 15.2 Å². The van der Waals surface area contributed by atoms with Gasteiger partial charge in [-0.15, -0.1) is 11.3 Å². The zero-order chi connectivity index (χ0) is 14.9. The number of thiazole rings is 1. The number of benzene rings is 1. The Labute approximate surface area is 120 Å². The Morgan fingerprint density at radius 3 is 2.70 bits per heavy atom. The first-order chi connectivity index (χ1) is 9.29. The molecule has 3 N–H and O–H groups in total. The van der Waals surface area contributed by atoms with Gasteiger partial charge in [0.05, 0.1) is 5.69 Å². The van der Waals surface area contributed by atoms with Crippen LogP contribution in [-0.2, 0) is 10.2 Å². The Bertz CT molecular complexity index is 728. The topological polar surface area (TPSA) is 88.3 Å². The van der Waals surface area contributed by atoms with E-state index in [0.717, 1.165) is 15.6 Å². The van der Waals surface area contributed by atoms with Gasteiger partial charge >= 0.3 is 10.2 Å². The molecule has 108 valence electrons. The van der Waals surface area contributed by atoms with Crippen LogP contribution in [0.15, 0.2) is 23.6 Å². The largest absolute Gasteiger partial charge is 0.399 e. The second-order valence-electron chi connectivity index (χ2n) is 4.17. The molecule has 1 heterocycles. The predicted molar refractivity (Wildman–Crippen MR) is 78.1 cm³/mol. The fraction of sp³-hybridized carbons (Fsp3) is 0.182. The van der Waals surface area contributed by atoms with Crippen molar-refractivity contribution in [1.29, 1.82) is 0 Å². The molecule has 6 nitrogen and oxygen atoms in total. The summed E-state index contributed by atoms with van der Waals surface area (Å²) in [5.74, 6) is -0.502. The predicted octanol–water partition coefficient (Wildman–Crippen LogP) is 1.75. The van der Waals surface area contributed by atoms with Gasteiger partial charge in [0.1, 0.15) is 5.82 Å². The van der Waals surface area contributed by atoms with Gasteiger partial charge in [0.15, 0.2) is 5.13 Å². The molecule has 0 aliphatic rings. The molecule has 0 radical (unpaired) electrons. The molecule has 0 fully saturated rings. The summed E-state index contributed by atoms with van der Waals surface area (Å²) < 4.78 is 40.4. The van der Waals surface area contributed by atoms with Crippen LogP contribution in [0.25, 0.3) is 11.3 Å². The Hall–Kier alpha value is -1.71. The van der Waals surface area contributed by atoms with E-state index in [4.69, 9.17) is 5.73 Å². The third-order valence-corrected chi connectivity index (χ3v) is 4.77. The second-order valence-corrected chi connectivity index (χ2v) is 6.91. The van der Waals surface area contributed by atoms with Gasteiger partial charge in [-0.05, 0) is 18.2 Å². The average Bonchev–Trinajstić information content (AvgIpc) is 2.76. The van der Waals surface area contributed by atoms with E-state index in [0.29, 0.717) is 11.4 Å². The van der Waals surface area contributed by atoms with Crippen LogP contribution in [0.3, 0.4) is 0 Å². The van der Waals surface area contributed by atoms with Crippen molar-refractivity contribution in [2.45, 2.75) is 0 Å². The molecule has 1 aromatic heterocycles. The normalized spacial score (nSPS) is 11.8. The van der Waals surface area contributed by atoms with Gasteiger partial charge in [-0.3, -0.25) is 0 Å². The maximum absolute atomic E-state index is 13.7. The van der Waals surface area contributed by atoms with Crippen molar-refractivity contribution in [1.82, 2.24) is 9.29 Å². The lowest BCUT2D eigenvalue weighted by molar-refractivity contribution is 0.527. The molecule has 1 aromatic carbocycles. The minimum absolute atomic E-state index is 0.171. The number of rotatable bonds is 4. The number of hydrogen-bond acceptors (Lipinski definition) is 5. The van der Waals surface area contributed by atoms with Crippen LogP contribution < -0.4 is 10.5 Å². The van der Waals surface area contributed by atoms with E-state index in [1.807, 2.05) is 0 Å². The summed E-state index contributed by atoms with van der Waals surface area (Å²) in [5.41, 5.74) is 6.41.